The van der Waals surface area contributed by atoms with Crippen LogP contribution < -0.4 is 4.74 Å². The van der Waals surface area contributed by atoms with Crippen LogP contribution in [0.3, 0.4) is 0 Å². The summed E-state index contributed by atoms with van der Waals surface area (Å²) in [6, 6.07) is 16.4. The number of aliphatic hydroxyl groups excluding tert-OH is 1. The smallest absolute Gasteiger partial charge is 0.417 e. The first-order valence-corrected chi connectivity index (χ1v) is 8.96. The molecule has 6 nitrogen and oxygen atoms in total. The zero-order chi connectivity index (χ0) is 19.2. The number of hydrogen-bond acceptors (Lipinski definition) is 5. The van der Waals surface area contributed by atoms with E-state index in [1.54, 1.807) is 7.11 Å². The normalized spacial score (nSPS) is 17.5. The summed E-state index contributed by atoms with van der Waals surface area (Å²) in [5.41, 5.74) is 1.90. The number of nitrogens with zero attached hydrogens (tertiary/aromatic N) is 1. The summed E-state index contributed by atoms with van der Waals surface area (Å²) in [4.78, 5) is 25.7. The molecule has 1 heterocycles. The molecule has 2 aromatic carbocycles. The Balaban J connectivity index is 1.57. The molecule has 2 aromatic rings. The van der Waals surface area contributed by atoms with E-state index in [-0.39, 0.29) is 13.0 Å². The van der Waals surface area contributed by atoms with Gasteiger partial charge >= 0.3 is 6.09 Å². The number of aryl methyl sites for hydroxylation is 1. The highest BCUT2D eigenvalue weighted by Gasteiger charge is 2.41. The highest BCUT2D eigenvalue weighted by molar-refractivity contribution is 5.96. The van der Waals surface area contributed by atoms with Crippen LogP contribution in [0, 0.1) is 0 Å². The second kappa shape index (κ2) is 8.68. The Hall–Kier alpha value is -2.86. The van der Waals surface area contributed by atoms with Gasteiger partial charge in [-0.25, -0.2) is 9.69 Å². The van der Waals surface area contributed by atoms with Crippen molar-refractivity contribution in [3.05, 3.63) is 65.7 Å². The molecule has 0 aliphatic carbocycles. The van der Waals surface area contributed by atoms with E-state index < -0.39 is 24.1 Å². The molecule has 6 heteroatoms. The van der Waals surface area contributed by atoms with Crippen LogP contribution in [0.1, 0.15) is 30.0 Å². The Kier molecular flexibility index (Phi) is 6.08. The van der Waals surface area contributed by atoms with Crippen molar-refractivity contribution in [3.63, 3.8) is 0 Å². The molecular weight excluding hydrogens is 346 g/mol. The van der Waals surface area contributed by atoms with Gasteiger partial charge in [-0.05, 0) is 42.5 Å². The van der Waals surface area contributed by atoms with Crippen molar-refractivity contribution in [2.45, 2.75) is 31.4 Å². The predicted molar refractivity (Wildman–Crippen MR) is 99.3 cm³/mol. The number of benzene rings is 2. The minimum Gasteiger partial charge on any atom is -0.497 e. The molecule has 0 bridgehead atoms. The molecule has 0 spiro atoms. The van der Waals surface area contributed by atoms with Gasteiger partial charge in [-0.1, -0.05) is 42.5 Å². The highest BCUT2D eigenvalue weighted by atomic mass is 16.6. The molecule has 0 radical (unpaired) electrons. The largest absolute Gasteiger partial charge is 0.497 e. The lowest BCUT2D eigenvalue weighted by molar-refractivity contribution is -0.138. The van der Waals surface area contributed by atoms with E-state index in [4.69, 9.17) is 9.47 Å². The Morgan fingerprint density at radius 1 is 1.22 bits per heavy atom. The Bertz CT molecular complexity index is 775. The van der Waals surface area contributed by atoms with Crippen molar-refractivity contribution in [2.24, 2.45) is 0 Å². The van der Waals surface area contributed by atoms with Crippen LogP contribution in [0.15, 0.2) is 54.6 Å². The molecule has 27 heavy (non-hydrogen) atoms. The van der Waals surface area contributed by atoms with Crippen LogP contribution in [0.4, 0.5) is 4.79 Å². The number of ether oxygens (including phenoxy) is 2. The molecule has 1 aliphatic rings. The number of methoxy groups -OCH3 is 1. The molecule has 1 N–H and O–H groups in total. The van der Waals surface area contributed by atoms with Crippen molar-refractivity contribution in [2.75, 3.05) is 13.7 Å². The van der Waals surface area contributed by atoms with E-state index >= 15 is 0 Å². The van der Waals surface area contributed by atoms with E-state index in [0.29, 0.717) is 6.42 Å². The van der Waals surface area contributed by atoms with Crippen LogP contribution in [0.2, 0.25) is 0 Å². The predicted octanol–water partition coefficient (Wildman–Crippen LogP) is 3.10. The fraction of sp³-hybridized carbons (Fsp3) is 0.333. The van der Waals surface area contributed by atoms with Gasteiger partial charge in [0, 0.05) is 0 Å². The quantitative estimate of drug-likeness (QED) is 0.812. The van der Waals surface area contributed by atoms with Crippen LogP contribution >= 0.6 is 0 Å². The molecule has 1 aliphatic heterocycles. The van der Waals surface area contributed by atoms with Crippen molar-refractivity contribution in [3.8, 4) is 5.75 Å². The lowest BCUT2D eigenvalue weighted by Gasteiger charge is -2.22. The molecule has 3 rings (SSSR count). The van der Waals surface area contributed by atoms with Crippen LogP contribution in [-0.4, -0.2) is 41.8 Å². The second-order valence-corrected chi connectivity index (χ2v) is 6.47. The van der Waals surface area contributed by atoms with Gasteiger partial charge in [0.05, 0.1) is 7.11 Å². The second-order valence-electron chi connectivity index (χ2n) is 6.47. The summed E-state index contributed by atoms with van der Waals surface area (Å²) in [6.07, 6.45) is -0.321. The maximum atomic E-state index is 12.6. The number of carbonyl (C=O) groups excluding carboxylic acids is 2. The minimum absolute atomic E-state index is 0.104. The highest BCUT2D eigenvalue weighted by Crippen LogP contribution is 2.28. The fourth-order valence-corrected chi connectivity index (χ4v) is 3.16. The van der Waals surface area contributed by atoms with Crippen molar-refractivity contribution in [1.29, 1.82) is 0 Å². The first-order chi connectivity index (χ1) is 13.1. The molecule has 1 saturated heterocycles. The van der Waals surface area contributed by atoms with Crippen molar-refractivity contribution in [1.82, 2.24) is 4.90 Å². The standard InChI is InChI=1S/C21H23NO5/c1-26-17-12-10-15(11-13-17)6-5-9-19(23)20(24)22-18(14-27-21(22)25)16-7-3-2-4-8-16/h2-4,7-8,10-13,18-19,23H,5-6,9,14H2,1H3/t18-,19+/m0/s1. The maximum absolute atomic E-state index is 12.6. The number of amides is 2. The zero-order valence-electron chi connectivity index (χ0n) is 15.2. The van der Waals surface area contributed by atoms with E-state index in [9.17, 15) is 14.7 Å². The molecule has 0 aromatic heterocycles. The van der Waals surface area contributed by atoms with Crippen LogP contribution in [0.5, 0.6) is 5.75 Å². The zero-order valence-corrected chi connectivity index (χ0v) is 15.2. The number of carbonyl (C=O) groups is 2. The summed E-state index contributed by atoms with van der Waals surface area (Å²) >= 11 is 0. The summed E-state index contributed by atoms with van der Waals surface area (Å²) in [5.74, 6) is 0.176. The molecule has 142 valence electrons. The van der Waals surface area contributed by atoms with Crippen molar-refractivity contribution >= 4 is 12.0 Å². The third kappa shape index (κ3) is 4.46. The van der Waals surface area contributed by atoms with Gasteiger partial charge in [0.1, 0.15) is 24.5 Å². The van der Waals surface area contributed by atoms with Gasteiger partial charge in [-0.15, -0.1) is 0 Å². The first kappa shape index (κ1) is 18.9. The number of imide groups is 1. The summed E-state index contributed by atoms with van der Waals surface area (Å²) in [7, 11) is 1.61. The van der Waals surface area contributed by atoms with E-state index in [1.165, 1.54) is 0 Å². The molecule has 2 atom stereocenters. The van der Waals surface area contributed by atoms with E-state index in [2.05, 4.69) is 0 Å². The Morgan fingerprint density at radius 3 is 2.59 bits per heavy atom. The average molecular weight is 369 g/mol. The lowest BCUT2D eigenvalue weighted by atomic mass is 10.0. The Labute approximate surface area is 158 Å². The third-order valence-corrected chi connectivity index (χ3v) is 4.68. The topological polar surface area (TPSA) is 76.1 Å². The monoisotopic (exact) mass is 369 g/mol. The third-order valence-electron chi connectivity index (χ3n) is 4.68. The molecule has 0 unspecified atom stereocenters. The van der Waals surface area contributed by atoms with Gasteiger partial charge in [0.2, 0.25) is 0 Å². The molecular formula is C21H23NO5. The van der Waals surface area contributed by atoms with Crippen LogP contribution in [0.25, 0.3) is 0 Å². The summed E-state index contributed by atoms with van der Waals surface area (Å²) in [5, 5.41) is 10.3. The number of cyclic esters (lactones) is 1. The lowest BCUT2D eigenvalue weighted by Crippen LogP contribution is -2.41. The fourth-order valence-electron chi connectivity index (χ4n) is 3.16. The molecule has 2 amide bonds. The van der Waals surface area contributed by atoms with E-state index in [1.807, 2.05) is 54.6 Å². The number of rotatable bonds is 7. The summed E-state index contributed by atoms with van der Waals surface area (Å²) in [6.45, 7) is 0.104. The number of aliphatic hydroxyl groups is 1. The number of hydrogen-bond donors (Lipinski definition) is 1. The van der Waals surface area contributed by atoms with Gasteiger partial charge in [0.15, 0.2) is 0 Å². The summed E-state index contributed by atoms with van der Waals surface area (Å²) < 4.78 is 10.2. The average Bonchev–Trinajstić information content (AvgIpc) is 3.10. The van der Waals surface area contributed by atoms with Crippen molar-refractivity contribution < 1.29 is 24.2 Å². The maximum Gasteiger partial charge on any atom is 0.417 e. The van der Waals surface area contributed by atoms with E-state index in [0.717, 1.165) is 28.2 Å². The van der Waals surface area contributed by atoms with Gasteiger partial charge in [0.25, 0.3) is 5.91 Å². The van der Waals surface area contributed by atoms with Crippen LogP contribution in [-0.2, 0) is 16.0 Å². The minimum atomic E-state index is -1.24. The molecule has 0 saturated carbocycles. The van der Waals surface area contributed by atoms with Gasteiger partial charge < -0.3 is 14.6 Å². The SMILES string of the molecule is COc1ccc(CCC[C@@H](O)C(=O)N2C(=O)OC[C@H]2c2ccccc2)cc1. The first-order valence-electron chi connectivity index (χ1n) is 8.96. The molecule has 1 fully saturated rings. The van der Waals surface area contributed by atoms with Gasteiger partial charge in [-0.3, -0.25) is 4.79 Å². The van der Waals surface area contributed by atoms with Gasteiger partial charge in [-0.2, -0.15) is 0 Å². The Morgan fingerprint density at radius 2 is 1.93 bits per heavy atom.